The molecule has 0 bridgehead atoms. The number of amides is 1. The van der Waals surface area contributed by atoms with Crippen LogP contribution >= 0.6 is 0 Å². The molecule has 1 aliphatic rings. The number of hydrogen-bond donors (Lipinski definition) is 1. The van der Waals surface area contributed by atoms with Crippen LogP contribution in [0.2, 0.25) is 0 Å². The van der Waals surface area contributed by atoms with E-state index in [9.17, 15) is 4.79 Å². The summed E-state index contributed by atoms with van der Waals surface area (Å²) in [6.45, 7) is 3.85. The van der Waals surface area contributed by atoms with E-state index in [4.69, 9.17) is 9.47 Å². The zero-order valence-electron chi connectivity index (χ0n) is 8.48. The first kappa shape index (κ1) is 9.70. The number of ether oxygens (including phenoxy) is 2. The summed E-state index contributed by atoms with van der Waals surface area (Å²) in [4.78, 5) is 19.4. The van der Waals surface area contributed by atoms with Crippen molar-refractivity contribution in [3.05, 3.63) is 11.9 Å². The van der Waals surface area contributed by atoms with Crippen molar-refractivity contribution in [2.24, 2.45) is 0 Å². The van der Waals surface area contributed by atoms with Gasteiger partial charge in [-0.25, -0.2) is 9.97 Å². The molecular formula is C9H11N3O3. The predicted molar refractivity (Wildman–Crippen MR) is 50.8 cm³/mol. The Labute approximate surface area is 86.6 Å². The monoisotopic (exact) mass is 209 g/mol. The zero-order chi connectivity index (χ0) is 10.8. The standard InChI is InChI=1S/C9H11N3O3/c1-5(2)11-7(13)6-3-10-8-9(12-6)15-4-14-8/h3,5H,4H2,1-2H3,(H,11,13). The maximum Gasteiger partial charge on any atom is 0.281 e. The molecule has 1 N–H and O–H groups in total. The second kappa shape index (κ2) is 3.72. The lowest BCUT2D eigenvalue weighted by atomic mass is 10.3. The quantitative estimate of drug-likeness (QED) is 0.760. The third-order valence-electron chi connectivity index (χ3n) is 1.75. The van der Waals surface area contributed by atoms with Crippen LogP contribution in [0.5, 0.6) is 11.8 Å². The van der Waals surface area contributed by atoms with Crippen LogP contribution < -0.4 is 14.8 Å². The van der Waals surface area contributed by atoms with E-state index in [0.29, 0.717) is 5.88 Å². The van der Waals surface area contributed by atoms with Gasteiger partial charge >= 0.3 is 0 Å². The molecule has 0 atom stereocenters. The molecule has 0 unspecified atom stereocenters. The normalized spacial score (nSPS) is 13.0. The number of fused-ring (bicyclic) bond motifs is 1. The van der Waals surface area contributed by atoms with Gasteiger partial charge in [0.05, 0.1) is 6.20 Å². The lowest BCUT2D eigenvalue weighted by Gasteiger charge is -2.07. The molecule has 0 saturated heterocycles. The fraction of sp³-hybridized carbons (Fsp3) is 0.444. The van der Waals surface area contributed by atoms with Crippen LogP contribution in [0.15, 0.2) is 6.20 Å². The number of aromatic nitrogens is 2. The molecule has 0 aliphatic carbocycles. The SMILES string of the molecule is CC(C)NC(=O)c1cnc2c(n1)OCO2. The average Bonchev–Trinajstić information content (AvgIpc) is 2.62. The summed E-state index contributed by atoms with van der Waals surface area (Å²) in [7, 11) is 0. The Morgan fingerprint density at radius 1 is 1.47 bits per heavy atom. The molecule has 2 rings (SSSR count). The highest BCUT2D eigenvalue weighted by Crippen LogP contribution is 2.26. The van der Waals surface area contributed by atoms with E-state index in [2.05, 4.69) is 15.3 Å². The lowest BCUT2D eigenvalue weighted by Crippen LogP contribution is -2.30. The minimum Gasteiger partial charge on any atom is -0.436 e. The Balaban J connectivity index is 2.19. The van der Waals surface area contributed by atoms with Crippen LogP contribution in [0.3, 0.4) is 0 Å². The van der Waals surface area contributed by atoms with Crippen molar-refractivity contribution in [1.29, 1.82) is 0 Å². The molecule has 80 valence electrons. The summed E-state index contributed by atoms with van der Waals surface area (Å²) in [6.07, 6.45) is 1.37. The van der Waals surface area contributed by atoms with E-state index in [1.807, 2.05) is 13.8 Å². The zero-order valence-corrected chi connectivity index (χ0v) is 8.48. The predicted octanol–water partition coefficient (Wildman–Crippen LogP) is 0.343. The van der Waals surface area contributed by atoms with Crippen LogP contribution in [0.4, 0.5) is 0 Å². The van der Waals surface area contributed by atoms with Gasteiger partial charge in [-0.2, -0.15) is 0 Å². The van der Waals surface area contributed by atoms with Crippen molar-refractivity contribution in [3.63, 3.8) is 0 Å². The van der Waals surface area contributed by atoms with Gasteiger partial charge in [0.15, 0.2) is 5.69 Å². The second-order valence-electron chi connectivity index (χ2n) is 3.40. The van der Waals surface area contributed by atoms with Crippen molar-refractivity contribution in [2.45, 2.75) is 19.9 Å². The summed E-state index contributed by atoms with van der Waals surface area (Å²) < 4.78 is 10.0. The van der Waals surface area contributed by atoms with Gasteiger partial charge in [-0.15, -0.1) is 0 Å². The number of carbonyl (C=O) groups is 1. The van der Waals surface area contributed by atoms with Gasteiger partial charge in [-0.1, -0.05) is 0 Å². The summed E-state index contributed by atoms with van der Waals surface area (Å²) >= 11 is 0. The summed E-state index contributed by atoms with van der Waals surface area (Å²) in [5, 5.41) is 2.71. The topological polar surface area (TPSA) is 73.3 Å². The molecule has 1 amide bonds. The van der Waals surface area contributed by atoms with Crippen molar-refractivity contribution in [1.82, 2.24) is 15.3 Å². The Kier molecular flexibility index (Phi) is 2.40. The third-order valence-corrected chi connectivity index (χ3v) is 1.75. The molecule has 0 radical (unpaired) electrons. The first-order valence-corrected chi connectivity index (χ1v) is 4.60. The molecule has 6 heteroatoms. The molecule has 0 fully saturated rings. The number of nitrogens with zero attached hydrogens (tertiary/aromatic N) is 2. The largest absolute Gasteiger partial charge is 0.436 e. The maximum absolute atomic E-state index is 11.5. The van der Waals surface area contributed by atoms with Crippen LogP contribution in [0.25, 0.3) is 0 Å². The van der Waals surface area contributed by atoms with Gasteiger partial charge < -0.3 is 14.8 Å². The van der Waals surface area contributed by atoms with Crippen molar-refractivity contribution in [2.75, 3.05) is 6.79 Å². The van der Waals surface area contributed by atoms with Gasteiger partial charge in [0, 0.05) is 6.04 Å². The highest BCUT2D eigenvalue weighted by molar-refractivity contribution is 5.92. The van der Waals surface area contributed by atoms with Gasteiger partial charge in [0.1, 0.15) is 0 Å². The van der Waals surface area contributed by atoms with Crippen molar-refractivity contribution < 1.29 is 14.3 Å². The molecule has 1 aliphatic heterocycles. The van der Waals surface area contributed by atoms with Crippen LogP contribution in [0, 0.1) is 0 Å². The Hall–Kier alpha value is -1.85. The molecule has 15 heavy (non-hydrogen) atoms. The van der Waals surface area contributed by atoms with E-state index in [0.717, 1.165) is 0 Å². The third kappa shape index (κ3) is 1.98. The molecular weight excluding hydrogens is 198 g/mol. The van der Waals surface area contributed by atoms with Gasteiger partial charge in [0.25, 0.3) is 17.7 Å². The van der Waals surface area contributed by atoms with Crippen LogP contribution in [0.1, 0.15) is 24.3 Å². The first-order valence-electron chi connectivity index (χ1n) is 4.60. The minimum atomic E-state index is -0.268. The highest BCUT2D eigenvalue weighted by Gasteiger charge is 2.19. The molecule has 6 nitrogen and oxygen atoms in total. The smallest absolute Gasteiger partial charge is 0.281 e. The van der Waals surface area contributed by atoms with E-state index in [1.165, 1.54) is 6.20 Å². The first-order chi connectivity index (χ1) is 7.16. The average molecular weight is 209 g/mol. The summed E-state index contributed by atoms with van der Waals surface area (Å²) in [5.74, 6) is 0.332. The van der Waals surface area contributed by atoms with Crippen LogP contribution in [-0.4, -0.2) is 28.7 Å². The number of carbonyl (C=O) groups excluding carboxylic acids is 1. The van der Waals surface area contributed by atoms with Crippen molar-refractivity contribution >= 4 is 5.91 Å². The van der Waals surface area contributed by atoms with Crippen molar-refractivity contribution in [3.8, 4) is 11.8 Å². The van der Waals surface area contributed by atoms with Crippen LogP contribution in [-0.2, 0) is 0 Å². The molecule has 0 spiro atoms. The maximum atomic E-state index is 11.5. The highest BCUT2D eigenvalue weighted by atomic mass is 16.7. The Morgan fingerprint density at radius 2 is 2.20 bits per heavy atom. The molecule has 1 aromatic heterocycles. The fourth-order valence-electron chi connectivity index (χ4n) is 1.14. The van der Waals surface area contributed by atoms with E-state index >= 15 is 0 Å². The number of rotatable bonds is 2. The lowest BCUT2D eigenvalue weighted by molar-refractivity contribution is 0.0936. The number of nitrogens with one attached hydrogen (secondary N) is 1. The van der Waals surface area contributed by atoms with E-state index < -0.39 is 0 Å². The van der Waals surface area contributed by atoms with Gasteiger partial charge in [-0.3, -0.25) is 4.79 Å². The molecule has 0 saturated carbocycles. The minimum absolute atomic E-state index is 0.0599. The Morgan fingerprint density at radius 3 is 2.93 bits per heavy atom. The molecule has 1 aromatic rings. The summed E-state index contributed by atoms with van der Waals surface area (Å²) in [5.41, 5.74) is 0.230. The van der Waals surface area contributed by atoms with E-state index in [-0.39, 0.29) is 30.3 Å². The summed E-state index contributed by atoms with van der Waals surface area (Å²) in [6, 6.07) is 0.0599. The van der Waals surface area contributed by atoms with E-state index in [1.54, 1.807) is 0 Å². The fourth-order valence-corrected chi connectivity index (χ4v) is 1.14. The Bertz CT molecular complexity index is 392. The second-order valence-corrected chi connectivity index (χ2v) is 3.40. The molecule has 2 heterocycles. The molecule has 0 aromatic carbocycles. The van der Waals surface area contributed by atoms with Gasteiger partial charge in [-0.05, 0) is 13.8 Å². The van der Waals surface area contributed by atoms with Gasteiger partial charge in [0.2, 0.25) is 6.79 Å². The number of hydrogen-bond acceptors (Lipinski definition) is 5.